The van der Waals surface area contributed by atoms with Gasteiger partial charge in [-0.05, 0) is 37.3 Å². The number of aryl methyl sites for hydroxylation is 1. The summed E-state index contributed by atoms with van der Waals surface area (Å²) < 4.78 is 5.29. The SMILES string of the molecule is Cc1ccc(OCC(=O)NNC(=O)/C=C/c2ccccn2)cc1. The van der Waals surface area contributed by atoms with E-state index in [1.165, 1.54) is 6.08 Å². The first-order chi connectivity index (χ1) is 11.1. The van der Waals surface area contributed by atoms with Gasteiger partial charge in [0.25, 0.3) is 11.8 Å². The molecule has 2 N–H and O–H groups in total. The van der Waals surface area contributed by atoms with Gasteiger partial charge in [0, 0.05) is 12.3 Å². The fourth-order valence-electron chi connectivity index (χ4n) is 1.63. The lowest BCUT2D eigenvalue weighted by atomic mass is 10.2. The molecule has 2 aromatic rings. The van der Waals surface area contributed by atoms with Crippen LogP contribution in [0.2, 0.25) is 0 Å². The maximum absolute atomic E-state index is 11.6. The highest BCUT2D eigenvalue weighted by atomic mass is 16.5. The molecular formula is C17H17N3O3. The van der Waals surface area contributed by atoms with Crippen molar-refractivity contribution in [3.8, 4) is 5.75 Å². The van der Waals surface area contributed by atoms with Crippen molar-refractivity contribution in [1.82, 2.24) is 15.8 Å². The number of pyridine rings is 1. The number of carbonyl (C=O) groups is 2. The van der Waals surface area contributed by atoms with E-state index in [0.29, 0.717) is 11.4 Å². The molecule has 0 aliphatic rings. The minimum atomic E-state index is -0.459. The molecule has 1 aromatic carbocycles. The van der Waals surface area contributed by atoms with Crippen molar-refractivity contribution in [3.05, 3.63) is 66.0 Å². The summed E-state index contributed by atoms with van der Waals surface area (Å²) in [6.45, 7) is 1.78. The normalized spacial score (nSPS) is 10.3. The number of aromatic nitrogens is 1. The summed E-state index contributed by atoms with van der Waals surface area (Å²) in [4.78, 5) is 27.2. The first-order valence-electron chi connectivity index (χ1n) is 7.01. The third-order valence-electron chi connectivity index (χ3n) is 2.81. The number of benzene rings is 1. The van der Waals surface area contributed by atoms with Crippen molar-refractivity contribution in [3.63, 3.8) is 0 Å². The Balaban J connectivity index is 1.70. The van der Waals surface area contributed by atoms with E-state index in [0.717, 1.165) is 5.56 Å². The Morgan fingerprint density at radius 3 is 2.61 bits per heavy atom. The summed E-state index contributed by atoms with van der Waals surface area (Å²) in [6, 6.07) is 12.7. The van der Waals surface area contributed by atoms with Crippen LogP contribution in [0.15, 0.2) is 54.7 Å². The number of ether oxygens (including phenoxy) is 1. The predicted molar refractivity (Wildman–Crippen MR) is 86.2 cm³/mol. The molecule has 2 amide bonds. The van der Waals surface area contributed by atoms with Gasteiger partial charge in [0.15, 0.2) is 6.61 Å². The quantitative estimate of drug-likeness (QED) is 0.649. The molecule has 0 aliphatic carbocycles. The number of hydrogen-bond acceptors (Lipinski definition) is 4. The molecule has 0 radical (unpaired) electrons. The highest BCUT2D eigenvalue weighted by molar-refractivity contribution is 5.93. The lowest BCUT2D eigenvalue weighted by molar-refractivity contribution is -0.128. The Kier molecular flexibility index (Phi) is 5.88. The molecule has 0 saturated heterocycles. The Labute approximate surface area is 134 Å². The monoisotopic (exact) mass is 311 g/mol. The van der Waals surface area contributed by atoms with E-state index in [-0.39, 0.29) is 6.61 Å². The average molecular weight is 311 g/mol. The zero-order chi connectivity index (χ0) is 16.5. The molecule has 0 bridgehead atoms. The number of amides is 2. The third-order valence-corrected chi connectivity index (χ3v) is 2.81. The Morgan fingerprint density at radius 1 is 1.13 bits per heavy atom. The molecule has 23 heavy (non-hydrogen) atoms. The summed E-state index contributed by atoms with van der Waals surface area (Å²) in [5.74, 6) is -0.323. The second-order valence-electron chi connectivity index (χ2n) is 4.73. The van der Waals surface area contributed by atoms with Crippen molar-refractivity contribution >= 4 is 17.9 Å². The largest absolute Gasteiger partial charge is 0.484 e. The van der Waals surface area contributed by atoms with Crippen LogP contribution in [0.1, 0.15) is 11.3 Å². The lowest BCUT2D eigenvalue weighted by Gasteiger charge is -2.07. The number of nitrogens with one attached hydrogen (secondary N) is 2. The van der Waals surface area contributed by atoms with Crippen molar-refractivity contribution < 1.29 is 14.3 Å². The Bertz CT molecular complexity index is 682. The molecule has 0 aliphatic heterocycles. The molecule has 0 fully saturated rings. The Morgan fingerprint density at radius 2 is 1.91 bits per heavy atom. The average Bonchev–Trinajstić information content (AvgIpc) is 2.58. The van der Waals surface area contributed by atoms with Crippen LogP contribution in [0.25, 0.3) is 6.08 Å². The molecule has 1 aromatic heterocycles. The number of nitrogens with zero attached hydrogens (tertiary/aromatic N) is 1. The lowest BCUT2D eigenvalue weighted by Crippen LogP contribution is -2.43. The van der Waals surface area contributed by atoms with Crippen LogP contribution in [0.3, 0.4) is 0 Å². The van der Waals surface area contributed by atoms with Gasteiger partial charge in [-0.15, -0.1) is 0 Å². The molecule has 0 atom stereocenters. The zero-order valence-electron chi connectivity index (χ0n) is 12.7. The van der Waals surface area contributed by atoms with Crippen LogP contribution in [0, 0.1) is 6.92 Å². The van der Waals surface area contributed by atoms with E-state index in [1.54, 1.807) is 36.5 Å². The zero-order valence-corrected chi connectivity index (χ0v) is 12.7. The second kappa shape index (κ2) is 8.33. The molecule has 1 heterocycles. The highest BCUT2D eigenvalue weighted by Gasteiger charge is 2.03. The van der Waals surface area contributed by atoms with Gasteiger partial charge in [-0.1, -0.05) is 23.8 Å². The van der Waals surface area contributed by atoms with Gasteiger partial charge < -0.3 is 4.74 Å². The third kappa shape index (κ3) is 6.01. The molecule has 0 spiro atoms. The fraction of sp³-hybridized carbons (Fsp3) is 0.118. The molecule has 118 valence electrons. The van der Waals surface area contributed by atoms with Crippen LogP contribution in [0.4, 0.5) is 0 Å². The minimum absolute atomic E-state index is 0.187. The summed E-state index contributed by atoms with van der Waals surface area (Å²) >= 11 is 0. The van der Waals surface area contributed by atoms with Crippen LogP contribution in [0.5, 0.6) is 5.75 Å². The topological polar surface area (TPSA) is 80.3 Å². The van der Waals surface area contributed by atoms with Crippen LogP contribution >= 0.6 is 0 Å². The summed E-state index contributed by atoms with van der Waals surface area (Å²) in [5.41, 5.74) is 6.29. The predicted octanol–water partition coefficient (Wildman–Crippen LogP) is 1.63. The summed E-state index contributed by atoms with van der Waals surface area (Å²) in [7, 11) is 0. The molecule has 2 rings (SSSR count). The fourth-order valence-corrected chi connectivity index (χ4v) is 1.63. The van der Waals surface area contributed by atoms with Crippen molar-refractivity contribution in [2.45, 2.75) is 6.92 Å². The molecule has 0 saturated carbocycles. The Hall–Kier alpha value is -3.15. The second-order valence-corrected chi connectivity index (χ2v) is 4.73. The maximum Gasteiger partial charge on any atom is 0.276 e. The maximum atomic E-state index is 11.6. The van der Waals surface area contributed by atoms with Gasteiger partial charge in [-0.3, -0.25) is 25.4 Å². The van der Waals surface area contributed by atoms with Crippen molar-refractivity contribution in [1.29, 1.82) is 0 Å². The first kappa shape index (κ1) is 16.2. The number of hydrogen-bond donors (Lipinski definition) is 2. The van der Waals surface area contributed by atoms with Gasteiger partial charge in [-0.25, -0.2) is 0 Å². The van der Waals surface area contributed by atoms with E-state index in [9.17, 15) is 9.59 Å². The van der Waals surface area contributed by atoms with Gasteiger partial charge >= 0.3 is 0 Å². The summed E-state index contributed by atoms with van der Waals surface area (Å²) in [5, 5.41) is 0. The van der Waals surface area contributed by atoms with Gasteiger partial charge in [0.1, 0.15) is 5.75 Å². The van der Waals surface area contributed by atoms with Gasteiger partial charge in [0.05, 0.1) is 5.69 Å². The molecule has 6 nitrogen and oxygen atoms in total. The van der Waals surface area contributed by atoms with Crippen LogP contribution < -0.4 is 15.6 Å². The van der Waals surface area contributed by atoms with E-state index in [2.05, 4.69) is 15.8 Å². The van der Waals surface area contributed by atoms with Crippen LogP contribution in [-0.2, 0) is 9.59 Å². The van der Waals surface area contributed by atoms with Crippen molar-refractivity contribution in [2.24, 2.45) is 0 Å². The standard InChI is InChI=1S/C17H17N3O3/c1-13-5-8-15(9-6-13)23-12-17(22)20-19-16(21)10-7-14-4-2-3-11-18-14/h2-11H,12H2,1H3,(H,19,21)(H,20,22)/b10-7+. The van der Waals surface area contributed by atoms with Gasteiger partial charge in [0.2, 0.25) is 0 Å². The molecule has 0 unspecified atom stereocenters. The van der Waals surface area contributed by atoms with E-state index < -0.39 is 11.8 Å². The summed E-state index contributed by atoms with van der Waals surface area (Å²) in [6.07, 6.45) is 4.45. The minimum Gasteiger partial charge on any atom is -0.484 e. The van der Waals surface area contributed by atoms with Gasteiger partial charge in [-0.2, -0.15) is 0 Å². The number of carbonyl (C=O) groups excluding carboxylic acids is 2. The first-order valence-corrected chi connectivity index (χ1v) is 7.01. The molecule has 6 heteroatoms. The highest BCUT2D eigenvalue weighted by Crippen LogP contribution is 2.10. The van der Waals surface area contributed by atoms with E-state index >= 15 is 0 Å². The number of hydrazine groups is 1. The molecular weight excluding hydrogens is 294 g/mol. The van der Waals surface area contributed by atoms with Crippen molar-refractivity contribution in [2.75, 3.05) is 6.61 Å². The smallest absolute Gasteiger partial charge is 0.276 e. The van der Waals surface area contributed by atoms with E-state index in [4.69, 9.17) is 4.74 Å². The van der Waals surface area contributed by atoms with Crippen LogP contribution in [-0.4, -0.2) is 23.4 Å². The van der Waals surface area contributed by atoms with E-state index in [1.807, 2.05) is 25.1 Å². The number of rotatable bonds is 5.